The van der Waals surface area contributed by atoms with Crippen LogP contribution in [0.15, 0.2) is 65.6 Å². The van der Waals surface area contributed by atoms with Crippen LogP contribution in [0.5, 0.6) is 5.75 Å². The zero-order valence-electron chi connectivity index (χ0n) is 14.3. The highest BCUT2D eigenvalue weighted by Gasteiger charge is 2.34. The summed E-state index contributed by atoms with van der Waals surface area (Å²) in [7, 11) is 0. The van der Waals surface area contributed by atoms with Crippen LogP contribution >= 0.6 is 24.0 Å². The average Bonchev–Trinajstić information content (AvgIpc) is 2.95. The van der Waals surface area contributed by atoms with Crippen molar-refractivity contribution in [1.82, 2.24) is 15.4 Å². The number of thioether (sulfide) groups is 1. The molecule has 6 nitrogen and oxygen atoms in total. The molecule has 3 aromatic rings. The van der Waals surface area contributed by atoms with Crippen LogP contribution in [0.4, 0.5) is 0 Å². The smallest absolute Gasteiger partial charge is 0.285 e. The first-order valence-electron chi connectivity index (χ1n) is 8.25. The number of rotatable bonds is 3. The van der Waals surface area contributed by atoms with Crippen molar-refractivity contribution in [3.05, 3.63) is 76.8 Å². The lowest BCUT2D eigenvalue weighted by molar-refractivity contribution is -0.123. The maximum Gasteiger partial charge on any atom is 0.285 e. The zero-order valence-corrected chi connectivity index (χ0v) is 16.0. The molecule has 0 atom stereocenters. The van der Waals surface area contributed by atoms with E-state index < -0.39 is 11.8 Å². The van der Waals surface area contributed by atoms with E-state index in [0.717, 1.165) is 27.7 Å². The first-order valence-corrected chi connectivity index (χ1v) is 9.47. The molecule has 1 aliphatic heterocycles. The second-order valence-corrected chi connectivity index (χ2v) is 7.61. The standard InChI is InChI=1S/C20H13N3O3S2/c24-15-6-3-5-13(10-15)18(25)22-23-19(26)17(28-20(23)27)11-14-9-8-12-4-1-2-7-16(12)21-14/h1-11,24H,(H,22,25)/b17-11-. The fraction of sp³-hybridized carbons (Fsp3) is 0. The Labute approximate surface area is 169 Å². The van der Waals surface area contributed by atoms with E-state index in [2.05, 4.69) is 10.4 Å². The summed E-state index contributed by atoms with van der Waals surface area (Å²) < 4.78 is 0.213. The highest BCUT2D eigenvalue weighted by molar-refractivity contribution is 8.26. The van der Waals surface area contributed by atoms with Crippen LogP contribution in [0.3, 0.4) is 0 Å². The molecule has 0 saturated carbocycles. The van der Waals surface area contributed by atoms with Crippen LogP contribution in [0.1, 0.15) is 16.1 Å². The fourth-order valence-corrected chi connectivity index (χ4v) is 3.84. The lowest BCUT2D eigenvalue weighted by Crippen LogP contribution is -2.44. The van der Waals surface area contributed by atoms with E-state index in [1.165, 1.54) is 18.2 Å². The number of benzene rings is 2. The molecule has 1 aliphatic rings. The third-order valence-corrected chi connectivity index (χ3v) is 5.32. The molecule has 0 unspecified atom stereocenters. The number of hydrogen-bond acceptors (Lipinski definition) is 6. The minimum atomic E-state index is -0.544. The van der Waals surface area contributed by atoms with Gasteiger partial charge in [0, 0.05) is 10.9 Å². The Bertz CT molecular complexity index is 1160. The quantitative estimate of drug-likeness (QED) is 0.511. The van der Waals surface area contributed by atoms with Crippen molar-refractivity contribution in [2.24, 2.45) is 0 Å². The first-order chi connectivity index (χ1) is 13.5. The lowest BCUT2D eigenvalue weighted by atomic mass is 10.2. The van der Waals surface area contributed by atoms with Gasteiger partial charge in [0.05, 0.1) is 16.1 Å². The minimum Gasteiger partial charge on any atom is -0.508 e. The summed E-state index contributed by atoms with van der Waals surface area (Å²) in [5, 5.41) is 11.5. The van der Waals surface area contributed by atoms with E-state index in [9.17, 15) is 14.7 Å². The molecule has 2 aromatic carbocycles. The van der Waals surface area contributed by atoms with Crippen LogP contribution in [0.25, 0.3) is 17.0 Å². The number of nitrogens with one attached hydrogen (secondary N) is 1. The van der Waals surface area contributed by atoms with Crippen LogP contribution in [-0.2, 0) is 4.79 Å². The summed E-state index contributed by atoms with van der Waals surface area (Å²) in [6, 6.07) is 17.3. The van der Waals surface area contributed by atoms with E-state index in [-0.39, 0.29) is 15.6 Å². The molecule has 2 N–H and O–H groups in total. The minimum absolute atomic E-state index is 0.0414. The van der Waals surface area contributed by atoms with Crippen molar-refractivity contribution in [2.45, 2.75) is 0 Å². The number of nitrogens with zero attached hydrogens (tertiary/aromatic N) is 2. The average molecular weight is 407 g/mol. The summed E-state index contributed by atoms with van der Waals surface area (Å²) in [6.07, 6.45) is 1.65. The van der Waals surface area contributed by atoms with Gasteiger partial charge in [0.25, 0.3) is 11.8 Å². The topological polar surface area (TPSA) is 82.5 Å². The number of hydrogen-bond donors (Lipinski definition) is 2. The van der Waals surface area contributed by atoms with E-state index in [1.807, 2.05) is 36.4 Å². The van der Waals surface area contributed by atoms with Crippen LogP contribution in [-0.4, -0.2) is 31.2 Å². The number of carbonyl (C=O) groups excluding carboxylic acids is 2. The molecule has 4 rings (SSSR count). The van der Waals surface area contributed by atoms with Crippen molar-refractivity contribution in [1.29, 1.82) is 0 Å². The molecular formula is C20H13N3O3S2. The maximum absolute atomic E-state index is 12.7. The highest BCUT2D eigenvalue weighted by atomic mass is 32.2. The highest BCUT2D eigenvalue weighted by Crippen LogP contribution is 2.31. The van der Waals surface area contributed by atoms with Gasteiger partial charge in [0.2, 0.25) is 0 Å². The predicted molar refractivity (Wildman–Crippen MR) is 112 cm³/mol. The monoisotopic (exact) mass is 407 g/mol. The number of aromatic nitrogens is 1. The van der Waals surface area contributed by atoms with Gasteiger partial charge in [-0.05, 0) is 48.6 Å². The Kier molecular flexibility index (Phi) is 4.81. The van der Waals surface area contributed by atoms with Gasteiger partial charge < -0.3 is 5.11 Å². The van der Waals surface area contributed by atoms with Gasteiger partial charge in [-0.25, -0.2) is 4.98 Å². The van der Waals surface area contributed by atoms with Gasteiger partial charge in [-0.2, -0.15) is 5.01 Å². The number of para-hydroxylation sites is 1. The van der Waals surface area contributed by atoms with E-state index in [1.54, 1.807) is 12.1 Å². The molecular weight excluding hydrogens is 394 g/mol. The Hall–Kier alpha value is -3.23. The van der Waals surface area contributed by atoms with Gasteiger partial charge in [0.1, 0.15) is 5.75 Å². The lowest BCUT2D eigenvalue weighted by Gasteiger charge is -2.15. The summed E-state index contributed by atoms with van der Waals surface area (Å²) in [4.78, 5) is 29.9. The summed E-state index contributed by atoms with van der Waals surface area (Å²) in [5.74, 6) is -1.02. The van der Waals surface area contributed by atoms with E-state index in [4.69, 9.17) is 12.2 Å². The van der Waals surface area contributed by atoms with Gasteiger partial charge in [0.15, 0.2) is 4.32 Å². The van der Waals surface area contributed by atoms with Gasteiger partial charge in [-0.15, -0.1) is 0 Å². The normalized spacial score (nSPS) is 15.4. The molecule has 0 aliphatic carbocycles. The molecule has 28 heavy (non-hydrogen) atoms. The summed E-state index contributed by atoms with van der Waals surface area (Å²) in [5.41, 5.74) is 4.14. The molecule has 1 saturated heterocycles. The number of carbonyl (C=O) groups is 2. The molecule has 2 amide bonds. The first kappa shape index (κ1) is 18.1. The molecule has 138 valence electrons. The third-order valence-electron chi connectivity index (χ3n) is 4.01. The van der Waals surface area contributed by atoms with Crippen LogP contribution in [0, 0.1) is 0 Å². The van der Waals surface area contributed by atoms with Gasteiger partial charge in [-0.3, -0.25) is 15.0 Å². The Morgan fingerprint density at radius 2 is 1.96 bits per heavy atom. The SMILES string of the molecule is O=C(NN1C(=O)/C(=C/c2ccc3ccccc3n2)SC1=S)c1cccc(O)c1. The van der Waals surface area contributed by atoms with Crippen molar-refractivity contribution < 1.29 is 14.7 Å². The Morgan fingerprint density at radius 1 is 1.14 bits per heavy atom. The fourth-order valence-electron chi connectivity index (χ4n) is 2.67. The van der Waals surface area contributed by atoms with Gasteiger partial charge >= 0.3 is 0 Å². The van der Waals surface area contributed by atoms with Crippen molar-refractivity contribution >= 4 is 57.1 Å². The molecule has 0 radical (unpaired) electrons. The van der Waals surface area contributed by atoms with Crippen LogP contribution < -0.4 is 5.43 Å². The zero-order chi connectivity index (χ0) is 19.7. The number of pyridine rings is 1. The maximum atomic E-state index is 12.7. The third kappa shape index (κ3) is 3.60. The van der Waals surface area contributed by atoms with Crippen molar-refractivity contribution in [2.75, 3.05) is 0 Å². The number of fused-ring (bicyclic) bond motifs is 1. The molecule has 0 bridgehead atoms. The van der Waals surface area contributed by atoms with E-state index in [0.29, 0.717) is 10.6 Å². The number of amides is 2. The number of aromatic hydroxyl groups is 1. The number of phenols is 1. The summed E-state index contributed by atoms with van der Waals surface area (Å²) >= 11 is 6.31. The van der Waals surface area contributed by atoms with Crippen molar-refractivity contribution in [3.63, 3.8) is 0 Å². The Balaban J connectivity index is 1.56. The number of thiocarbonyl (C=S) groups is 1. The molecule has 1 aromatic heterocycles. The predicted octanol–water partition coefficient (Wildman–Crippen LogP) is 3.49. The largest absolute Gasteiger partial charge is 0.508 e. The molecule has 2 heterocycles. The molecule has 8 heteroatoms. The molecule has 1 fully saturated rings. The second-order valence-electron chi connectivity index (χ2n) is 5.94. The van der Waals surface area contributed by atoms with Crippen molar-refractivity contribution in [3.8, 4) is 5.75 Å². The van der Waals surface area contributed by atoms with Crippen LogP contribution in [0.2, 0.25) is 0 Å². The second kappa shape index (κ2) is 7.41. The molecule has 0 spiro atoms. The van der Waals surface area contributed by atoms with E-state index >= 15 is 0 Å². The van der Waals surface area contributed by atoms with Gasteiger partial charge in [-0.1, -0.05) is 42.1 Å². The number of phenolic OH excluding ortho intramolecular Hbond substituents is 1. The number of hydrazine groups is 1. The Morgan fingerprint density at radius 3 is 2.79 bits per heavy atom. The summed E-state index contributed by atoms with van der Waals surface area (Å²) in [6.45, 7) is 0.